The van der Waals surface area contributed by atoms with Gasteiger partial charge in [-0.15, -0.1) is 0 Å². The molecule has 0 spiro atoms. The van der Waals surface area contributed by atoms with Crippen molar-refractivity contribution < 1.29 is 13.0 Å². The summed E-state index contributed by atoms with van der Waals surface area (Å²) >= 11 is 0. The van der Waals surface area contributed by atoms with Gasteiger partial charge in [-0.1, -0.05) is 131 Å². The van der Waals surface area contributed by atoms with Crippen molar-refractivity contribution >= 4 is 10.1 Å². The Morgan fingerprint density at radius 3 is 1.30 bits per heavy atom. The first-order valence-corrected chi connectivity index (χ1v) is 13.1. The maximum atomic E-state index is 9.79. The largest absolute Gasteiger partial charge is 0.286 e. The third kappa shape index (κ3) is 92.8. The van der Waals surface area contributed by atoms with Crippen LogP contribution in [-0.2, 0) is 10.1 Å². The molecule has 0 radical (unpaired) electrons. The van der Waals surface area contributed by atoms with Crippen LogP contribution in [0.25, 0.3) is 0 Å². The normalized spacial score (nSPS) is 12.1. The molecule has 0 heterocycles. The van der Waals surface area contributed by atoms with E-state index in [2.05, 4.69) is 88.3 Å². The molecule has 1 fully saturated rings. The lowest BCUT2D eigenvalue weighted by atomic mass is 10.0. The minimum atomic E-state index is -3.67. The highest BCUT2D eigenvalue weighted by Crippen LogP contribution is 2.26. The van der Waals surface area contributed by atoms with E-state index in [1.54, 1.807) is 6.92 Å². The minimum absolute atomic E-state index is 0.132. The van der Waals surface area contributed by atoms with Gasteiger partial charge >= 0.3 is 0 Å². The van der Waals surface area contributed by atoms with Crippen LogP contribution in [-0.4, -0.2) is 18.7 Å². The molecule has 1 aliphatic carbocycles. The van der Waals surface area contributed by atoms with Gasteiger partial charge in [0.1, 0.15) is 0 Å². The van der Waals surface area contributed by atoms with Gasteiger partial charge in [-0.2, -0.15) is 8.42 Å². The molecule has 0 amide bonds. The van der Waals surface area contributed by atoms with Crippen LogP contribution < -0.4 is 0 Å². The third-order valence-corrected chi connectivity index (χ3v) is 3.19. The number of hydrogen-bond donors (Lipinski definition) is 1. The zero-order chi connectivity index (χ0) is 24.8. The standard InChI is InChI=1S/C7H8.C5H12.C4H8.C4H10.C3H8O3S.C3H8/c1-7-5-3-2-4-6-7;1-5(2,3)4;1-4-2-3-4;1-4(2)3;1-2-3-7(4,5)6;1-3-2/h2-6H,1H3;1-4H3;4H,2-3H2,1H3;4H,1-3H3;2-3H2,1H3,(H,4,5,6);3H2,1-2H3. The van der Waals surface area contributed by atoms with E-state index in [0.717, 1.165) is 11.8 Å². The third-order valence-electron chi connectivity index (χ3n) is 2.27. The van der Waals surface area contributed by atoms with E-state index in [0.29, 0.717) is 11.8 Å². The predicted molar refractivity (Wildman–Crippen MR) is 138 cm³/mol. The number of rotatable bonds is 2. The Morgan fingerprint density at radius 1 is 0.967 bits per heavy atom. The lowest BCUT2D eigenvalue weighted by molar-refractivity contribution is 0.469. The molecule has 4 heteroatoms. The Morgan fingerprint density at radius 2 is 1.23 bits per heavy atom. The summed E-state index contributed by atoms with van der Waals surface area (Å²) in [5.74, 6) is 1.78. The summed E-state index contributed by atoms with van der Waals surface area (Å²) in [6.45, 7) is 25.5. The summed E-state index contributed by atoms with van der Waals surface area (Å²) < 4.78 is 27.6. The molecule has 0 aromatic heterocycles. The van der Waals surface area contributed by atoms with E-state index < -0.39 is 10.1 Å². The van der Waals surface area contributed by atoms with E-state index in [4.69, 9.17) is 4.55 Å². The Kier molecular flexibility index (Phi) is 27.7. The molecule has 0 aliphatic heterocycles. The highest BCUT2D eigenvalue weighted by atomic mass is 32.2. The fourth-order valence-electron chi connectivity index (χ4n) is 0.959. The van der Waals surface area contributed by atoms with E-state index in [9.17, 15) is 8.42 Å². The summed E-state index contributed by atoms with van der Waals surface area (Å²) in [4.78, 5) is 0. The highest BCUT2D eigenvalue weighted by Gasteiger charge is 2.12. The Hall–Kier alpha value is -0.870. The molecular formula is C26H54O3S. The van der Waals surface area contributed by atoms with Gasteiger partial charge in [0.05, 0.1) is 5.75 Å². The van der Waals surface area contributed by atoms with E-state index in [1.165, 1.54) is 24.8 Å². The lowest BCUT2D eigenvalue weighted by Gasteiger charge is -2.05. The summed E-state index contributed by atoms with van der Waals surface area (Å²) in [6, 6.07) is 10.3. The zero-order valence-electron chi connectivity index (χ0n) is 22.2. The number of benzene rings is 1. The maximum Gasteiger partial charge on any atom is 0.264 e. The average Bonchev–Trinajstić information content (AvgIpc) is 3.29. The minimum Gasteiger partial charge on any atom is -0.286 e. The van der Waals surface area contributed by atoms with Crippen LogP contribution in [0.4, 0.5) is 0 Å². The summed E-state index contributed by atoms with van der Waals surface area (Å²) in [5.41, 5.74) is 1.82. The second-order valence-corrected chi connectivity index (χ2v) is 11.6. The van der Waals surface area contributed by atoms with Gasteiger partial charge in [0.15, 0.2) is 0 Å². The molecule has 1 aliphatic rings. The first-order valence-electron chi connectivity index (χ1n) is 11.5. The van der Waals surface area contributed by atoms with E-state index in [1.807, 2.05) is 18.2 Å². The Bertz CT molecular complexity index is 516. The Labute approximate surface area is 190 Å². The fourth-order valence-corrected chi connectivity index (χ4v) is 1.47. The molecule has 0 saturated heterocycles. The van der Waals surface area contributed by atoms with Crippen LogP contribution in [0.1, 0.15) is 107 Å². The van der Waals surface area contributed by atoms with Crippen LogP contribution in [0, 0.1) is 24.2 Å². The SMILES string of the molecule is CC(C)(C)C.CC(C)C.CC1CC1.CCC.CCCS(=O)(=O)O.Cc1ccccc1. The first-order chi connectivity index (χ1) is 13.5. The van der Waals surface area contributed by atoms with Crippen molar-refractivity contribution in [2.45, 2.75) is 109 Å². The van der Waals surface area contributed by atoms with Gasteiger partial charge in [-0.25, -0.2) is 0 Å². The monoisotopic (exact) mass is 446 g/mol. The van der Waals surface area contributed by atoms with Crippen LogP contribution in [0.2, 0.25) is 0 Å². The van der Waals surface area contributed by atoms with Crippen LogP contribution in [0.5, 0.6) is 0 Å². The molecule has 0 atom stereocenters. The smallest absolute Gasteiger partial charge is 0.264 e. The molecule has 0 bridgehead atoms. The predicted octanol–water partition coefficient (Wildman–Crippen LogP) is 8.83. The molecule has 1 saturated carbocycles. The van der Waals surface area contributed by atoms with Crippen molar-refractivity contribution in [2.75, 3.05) is 5.75 Å². The lowest BCUT2D eigenvalue weighted by Crippen LogP contribution is -2.01. The molecule has 1 N–H and O–H groups in total. The van der Waals surface area contributed by atoms with E-state index in [-0.39, 0.29) is 5.75 Å². The van der Waals surface area contributed by atoms with Gasteiger partial charge in [0.25, 0.3) is 10.1 Å². The zero-order valence-corrected chi connectivity index (χ0v) is 23.1. The van der Waals surface area contributed by atoms with Crippen molar-refractivity contribution in [3.05, 3.63) is 35.9 Å². The van der Waals surface area contributed by atoms with Crippen molar-refractivity contribution in [3.8, 4) is 0 Å². The molecular weight excluding hydrogens is 392 g/mol. The summed E-state index contributed by atoms with van der Waals surface area (Å²) in [6.07, 6.45) is 4.69. The molecule has 30 heavy (non-hydrogen) atoms. The molecule has 1 aromatic carbocycles. The van der Waals surface area contributed by atoms with Crippen LogP contribution in [0.15, 0.2) is 30.3 Å². The van der Waals surface area contributed by atoms with Gasteiger partial charge in [-0.05, 0) is 30.6 Å². The second kappa shape index (κ2) is 22.8. The van der Waals surface area contributed by atoms with Crippen molar-refractivity contribution in [1.82, 2.24) is 0 Å². The Balaban J connectivity index is -0.000000139. The first kappa shape index (κ1) is 36.5. The molecule has 3 nitrogen and oxygen atoms in total. The summed E-state index contributed by atoms with van der Waals surface area (Å²) in [7, 11) is -3.67. The quantitative estimate of drug-likeness (QED) is 0.461. The van der Waals surface area contributed by atoms with Gasteiger partial charge in [0.2, 0.25) is 0 Å². The molecule has 182 valence electrons. The average molecular weight is 447 g/mol. The number of hydrogen-bond acceptors (Lipinski definition) is 2. The number of aryl methyl sites for hydroxylation is 1. The van der Waals surface area contributed by atoms with Gasteiger partial charge in [-0.3, -0.25) is 4.55 Å². The molecule has 2 rings (SSSR count). The molecule has 1 aromatic rings. The fraction of sp³-hybridized carbons (Fsp3) is 0.769. The van der Waals surface area contributed by atoms with Crippen molar-refractivity contribution in [3.63, 3.8) is 0 Å². The van der Waals surface area contributed by atoms with Crippen LogP contribution in [0.3, 0.4) is 0 Å². The van der Waals surface area contributed by atoms with Crippen molar-refractivity contribution in [1.29, 1.82) is 0 Å². The van der Waals surface area contributed by atoms with Gasteiger partial charge < -0.3 is 0 Å². The van der Waals surface area contributed by atoms with Gasteiger partial charge in [0, 0.05) is 0 Å². The van der Waals surface area contributed by atoms with Crippen LogP contribution >= 0.6 is 0 Å². The van der Waals surface area contributed by atoms with Crippen molar-refractivity contribution in [2.24, 2.45) is 17.3 Å². The maximum absolute atomic E-state index is 9.79. The van der Waals surface area contributed by atoms with E-state index >= 15 is 0 Å². The summed E-state index contributed by atoms with van der Waals surface area (Å²) in [5, 5.41) is 0. The second-order valence-electron chi connectivity index (χ2n) is 10.1. The topological polar surface area (TPSA) is 54.4 Å². The molecule has 0 unspecified atom stereocenters. The highest BCUT2D eigenvalue weighted by molar-refractivity contribution is 7.85.